The second-order valence-electron chi connectivity index (χ2n) is 6.14. The van der Waals surface area contributed by atoms with E-state index in [-0.39, 0.29) is 14.1 Å². The average molecular weight is 403 g/mol. The molecule has 2 amide bonds. The molecule has 0 saturated heterocycles. The number of para-hydroxylation sites is 1. The van der Waals surface area contributed by atoms with E-state index in [1.807, 2.05) is 36.8 Å². The van der Waals surface area contributed by atoms with Crippen molar-refractivity contribution < 1.29 is 18.3 Å². The molecule has 0 atom stereocenters. The van der Waals surface area contributed by atoms with E-state index in [9.17, 15) is 18.3 Å². The van der Waals surface area contributed by atoms with Crippen LogP contribution in [0.3, 0.4) is 0 Å². The number of carbonyl (C=O) groups is 1. The first-order chi connectivity index (χ1) is 11.4. The SMILES string of the molecule is Cc1cccc(C)c1NC(=O)NS(=O)(=O)c1cc(C(C)(C)O)c(Cl)s1. The molecule has 1 aromatic carbocycles. The van der Waals surface area contributed by atoms with Crippen LogP contribution in [0.2, 0.25) is 4.34 Å². The van der Waals surface area contributed by atoms with Gasteiger partial charge in [0.2, 0.25) is 0 Å². The molecule has 0 fully saturated rings. The second kappa shape index (κ2) is 6.95. The van der Waals surface area contributed by atoms with Crippen molar-refractivity contribution in [3.05, 3.63) is 45.3 Å². The Kier molecular flexibility index (Phi) is 5.48. The van der Waals surface area contributed by atoms with E-state index < -0.39 is 21.7 Å². The Bertz CT molecular complexity index is 894. The molecule has 136 valence electrons. The van der Waals surface area contributed by atoms with Gasteiger partial charge in [0.05, 0.1) is 5.60 Å². The number of sulfonamides is 1. The predicted molar refractivity (Wildman–Crippen MR) is 99.8 cm³/mol. The molecule has 0 saturated carbocycles. The predicted octanol–water partition coefficient (Wildman–Crippen LogP) is 3.76. The van der Waals surface area contributed by atoms with Gasteiger partial charge in [-0.1, -0.05) is 29.8 Å². The van der Waals surface area contributed by atoms with Gasteiger partial charge in [0.25, 0.3) is 10.0 Å². The Morgan fingerprint density at radius 3 is 2.28 bits per heavy atom. The fraction of sp³-hybridized carbons (Fsp3) is 0.312. The summed E-state index contributed by atoms with van der Waals surface area (Å²) in [4.78, 5) is 12.1. The summed E-state index contributed by atoms with van der Waals surface area (Å²) < 4.78 is 26.8. The van der Waals surface area contributed by atoms with Crippen molar-refractivity contribution in [1.29, 1.82) is 0 Å². The van der Waals surface area contributed by atoms with Crippen LogP contribution in [0, 0.1) is 13.8 Å². The molecule has 1 heterocycles. The number of anilines is 1. The molecule has 2 rings (SSSR count). The van der Waals surface area contributed by atoms with E-state index in [0.717, 1.165) is 22.5 Å². The Balaban J connectivity index is 2.23. The maximum absolute atomic E-state index is 12.4. The molecule has 3 N–H and O–H groups in total. The number of nitrogens with one attached hydrogen (secondary N) is 2. The zero-order chi connectivity index (χ0) is 19.0. The van der Waals surface area contributed by atoms with Crippen molar-refractivity contribution in [1.82, 2.24) is 4.72 Å². The lowest BCUT2D eigenvalue weighted by molar-refractivity contribution is 0.0790. The highest BCUT2D eigenvalue weighted by atomic mass is 35.5. The van der Waals surface area contributed by atoms with Gasteiger partial charge in [-0.15, -0.1) is 11.3 Å². The van der Waals surface area contributed by atoms with Crippen molar-refractivity contribution in [2.24, 2.45) is 0 Å². The smallest absolute Gasteiger partial charge is 0.333 e. The van der Waals surface area contributed by atoms with Gasteiger partial charge in [0, 0.05) is 11.3 Å². The van der Waals surface area contributed by atoms with E-state index in [1.165, 1.54) is 19.9 Å². The number of amides is 2. The van der Waals surface area contributed by atoms with Crippen molar-refractivity contribution in [3.8, 4) is 0 Å². The zero-order valence-electron chi connectivity index (χ0n) is 14.2. The molecular formula is C16H19ClN2O4S2. The Labute approximate surface area is 155 Å². The summed E-state index contributed by atoms with van der Waals surface area (Å²) in [6, 6.07) is 5.86. The van der Waals surface area contributed by atoms with E-state index in [4.69, 9.17) is 11.6 Å². The number of rotatable bonds is 4. The van der Waals surface area contributed by atoms with Crippen LogP contribution in [0.5, 0.6) is 0 Å². The number of thiophene rings is 1. The fourth-order valence-electron chi connectivity index (χ4n) is 2.22. The van der Waals surface area contributed by atoms with Crippen LogP contribution in [-0.4, -0.2) is 19.6 Å². The molecule has 25 heavy (non-hydrogen) atoms. The van der Waals surface area contributed by atoms with E-state index in [1.54, 1.807) is 0 Å². The number of carbonyl (C=O) groups excluding carboxylic acids is 1. The lowest BCUT2D eigenvalue weighted by Crippen LogP contribution is -2.34. The first-order valence-corrected chi connectivity index (χ1v) is 10.0. The van der Waals surface area contributed by atoms with Crippen molar-refractivity contribution in [2.45, 2.75) is 37.5 Å². The molecule has 0 bridgehead atoms. The molecule has 0 aliphatic heterocycles. The number of aryl methyl sites for hydroxylation is 2. The Morgan fingerprint density at radius 2 is 1.80 bits per heavy atom. The van der Waals surface area contributed by atoms with Gasteiger partial charge in [0.15, 0.2) is 0 Å². The topological polar surface area (TPSA) is 95.5 Å². The van der Waals surface area contributed by atoms with Gasteiger partial charge in [0.1, 0.15) is 8.55 Å². The highest BCUT2D eigenvalue weighted by molar-refractivity contribution is 7.92. The second-order valence-corrected chi connectivity index (χ2v) is 9.70. The molecule has 0 unspecified atom stereocenters. The summed E-state index contributed by atoms with van der Waals surface area (Å²) in [6.45, 7) is 6.62. The van der Waals surface area contributed by atoms with Crippen LogP contribution >= 0.6 is 22.9 Å². The first-order valence-electron chi connectivity index (χ1n) is 7.34. The summed E-state index contributed by atoms with van der Waals surface area (Å²) >= 11 is 6.79. The third kappa shape index (κ3) is 4.52. The molecule has 0 aliphatic rings. The zero-order valence-corrected chi connectivity index (χ0v) is 16.6. The Morgan fingerprint density at radius 1 is 1.24 bits per heavy atom. The number of hydrogen-bond acceptors (Lipinski definition) is 5. The van der Waals surface area contributed by atoms with Crippen LogP contribution in [-0.2, 0) is 15.6 Å². The lowest BCUT2D eigenvalue weighted by Gasteiger charge is -2.15. The summed E-state index contributed by atoms with van der Waals surface area (Å²) in [5.74, 6) is 0. The standard InChI is InChI=1S/C16H19ClN2O4S2/c1-9-6-5-7-10(2)13(9)18-15(20)19-25(22,23)12-8-11(14(17)24-12)16(3,4)21/h5-8,21H,1-4H3,(H2,18,19,20). The van der Waals surface area contributed by atoms with Gasteiger partial charge in [-0.05, 0) is 44.9 Å². The van der Waals surface area contributed by atoms with Crippen molar-refractivity contribution >= 4 is 44.7 Å². The minimum atomic E-state index is -4.11. The van der Waals surface area contributed by atoms with Gasteiger partial charge < -0.3 is 10.4 Å². The van der Waals surface area contributed by atoms with Crippen LogP contribution < -0.4 is 10.0 Å². The molecule has 1 aromatic heterocycles. The minimum absolute atomic E-state index is 0.147. The van der Waals surface area contributed by atoms with Crippen LogP contribution in [0.15, 0.2) is 28.5 Å². The summed E-state index contributed by atoms with van der Waals surface area (Å²) in [5, 5.41) is 12.6. The van der Waals surface area contributed by atoms with E-state index in [0.29, 0.717) is 5.69 Å². The third-order valence-electron chi connectivity index (χ3n) is 3.53. The van der Waals surface area contributed by atoms with Crippen molar-refractivity contribution in [2.75, 3.05) is 5.32 Å². The number of aliphatic hydroxyl groups is 1. The maximum atomic E-state index is 12.4. The monoisotopic (exact) mass is 402 g/mol. The molecular weight excluding hydrogens is 384 g/mol. The van der Waals surface area contributed by atoms with Crippen molar-refractivity contribution in [3.63, 3.8) is 0 Å². The molecule has 0 radical (unpaired) electrons. The minimum Gasteiger partial charge on any atom is -0.386 e. The summed E-state index contributed by atoms with van der Waals surface area (Å²) in [5.41, 5.74) is 1.18. The maximum Gasteiger partial charge on any atom is 0.333 e. The first kappa shape index (κ1) is 19.7. The number of benzene rings is 1. The van der Waals surface area contributed by atoms with Gasteiger partial charge >= 0.3 is 6.03 Å². The normalized spacial score (nSPS) is 12.1. The lowest BCUT2D eigenvalue weighted by atomic mass is 10.0. The van der Waals surface area contributed by atoms with Gasteiger partial charge in [-0.3, -0.25) is 0 Å². The quantitative estimate of drug-likeness (QED) is 0.725. The number of halogens is 1. The molecule has 9 heteroatoms. The number of hydrogen-bond donors (Lipinski definition) is 3. The largest absolute Gasteiger partial charge is 0.386 e. The summed E-state index contributed by atoms with van der Waals surface area (Å²) in [7, 11) is -4.11. The van der Waals surface area contributed by atoms with E-state index >= 15 is 0 Å². The highest BCUT2D eigenvalue weighted by Crippen LogP contribution is 2.37. The molecule has 0 aliphatic carbocycles. The third-order valence-corrected chi connectivity index (χ3v) is 6.70. The molecule has 0 spiro atoms. The van der Waals surface area contributed by atoms with Gasteiger partial charge in [-0.2, -0.15) is 0 Å². The average Bonchev–Trinajstić information content (AvgIpc) is 2.85. The molecule has 2 aromatic rings. The molecule has 6 nitrogen and oxygen atoms in total. The van der Waals surface area contributed by atoms with E-state index in [2.05, 4.69) is 5.32 Å². The van der Waals surface area contributed by atoms with Gasteiger partial charge in [-0.25, -0.2) is 17.9 Å². The van der Waals surface area contributed by atoms with Crippen LogP contribution in [0.25, 0.3) is 0 Å². The Hall–Kier alpha value is -1.61. The van der Waals surface area contributed by atoms with Crippen LogP contribution in [0.1, 0.15) is 30.5 Å². The highest BCUT2D eigenvalue weighted by Gasteiger charge is 2.28. The fourth-order valence-corrected chi connectivity index (χ4v) is 5.15. The number of urea groups is 1. The summed E-state index contributed by atoms with van der Waals surface area (Å²) in [6.07, 6.45) is 0. The van der Waals surface area contributed by atoms with Crippen LogP contribution in [0.4, 0.5) is 10.5 Å².